The number of halogens is 2. The van der Waals surface area contributed by atoms with Crippen LogP contribution in [0.1, 0.15) is 24.0 Å². The number of hydrogen-bond donors (Lipinski definition) is 1. The van der Waals surface area contributed by atoms with Gasteiger partial charge in [0.15, 0.2) is 0 Å². The van der Waals surface area contributed by atoms with E-state index >= 15 is 0 Å². The third-order valence-corrected chi connectivity index (χ3v) is 2.94. The summed E-state index contributed by atoms with van der Waals surface area (Å²) in [6.07, 6.45) is 0. The lowest BCUT2D eigenvalue weighted by Crippen LogP contribution is -2.07. The van der Waals surface area contributed by atoms with Crippen LogP contribution in [0.2, 0.25) is 0 Å². The molecular weight excluding hydrogens is 263 g/mol. The first-order valence-electron chi connectivity index (χ1n) is 4.66. The van der Waals surface area contributed by atoms with Crippen molar-refractivity contribution in [3.8, 4) is 5.75 Å². The van der Waals surface area contributed by atoms with Gasteiger partial charge in [-0.2, -0.15) is 0 Å². The molecule has 0 fully saturated rings. The van der Waals surface area contributed by atoms with E-state index in [0.29, 0.717) is 15.8 Å². The second kappa shape index (κ2) is 4.94. The molecule has 1 atom stereocenters. The van der Waals surface area contributed by atoms with Gasteiger partial charge in [-0.1, -0.05) is 6.92 Å². The lowest BCUT2D eigenvalue weighted by molar-refractivity contribution is 0.266. The highest BCUT2D eigenvalue weighted by Gasteiger charge is 2.20. The molecule has 15 heavy (non-hydrogen) atoms. The minimum absolute atomic E-state index is 0.108. The Bertz CT molecular complexity index is 366. The molecule has 84 valence electrons. The van der Waals surface area contributed by atoms with Crippen LogP contribution in [0, 0.1) is 12.7 Å². The zero-order valence-corrected chi connectivity index (χ0v) is 10.6. The van der Waals surface area contributed by atoms with Crippen LogP contribution in [-0.2, 0) is 0 Å². The van der Waals surface area contributed by atoms with Crippen molar-refractivity contribution in [2.75, 3.05) is 13.7 Å². The topological polar surface area (TPSA) is 29.5 Å². The maximum absolute atomic E-state index is 13.8. The molecule has 0 saturated heterocycles. The van der Waals surface area contributed by atoms with Crippen LogP contribution in [-0.4, -0.2) is 18.8 Å². The van der Waals surface area contributed by atoms with Crippen molar-refractivity contribution < 1.29 is 14.2 Å². The first-order chi connectivity index (χ1) is 7.02. The number of aliphatic hydroxyl groups excluding tert-OH is 1. The lowest BCUT2D eigenvalue weighted by Gasteiger charge is -2.17. The molecule has 1 aromatic carbocycles. The molecule has 0 aliphatic carbocycles. The standard InChI is InChI=1S/C11H14BrFO2/c1-6-4-8(12)10(13)9(7(2)5-14)11(6)15-3/h4,7,14H,5H2,1-3H3. The van der Waals surface area contributed by atoms with Crippen molar-refractivity contribution in [1.29, 1.82) is 0 Å². The number of benzene rings is 1. The van der Waals surface area contributed by atoms with Crippen molar-refractivity contribution in [1.82, 2.24) is 0 Å². The third-order valence-electron chi connectivity index (χ3n) is 2.36. The van der Waals surface area contributed by atoms with E-state index in [1.54, 1.807) is 13.0 Å². The van der Waals surface area contributed by atoms with Crippen molar-refractivity contribution in [3.63, 3.8) is 0 Å². The molecule has 1 rings (SSSR count). The fourth-order valence-corrected chi connectivity index (χ4v) is 2.12. The normalized spacial score (nSPS) is 12.7. The first kappa shape index (κ1) is 12.5. The highest BCUT2D eigenvalue weighted by Crippen LogP contribution is 2.36. The van der Waals surface area contributed by atoms with Gasteiger partial charge in [-0.25, -0.2) is 4.39 Å². The van der Waals surface area contributed by atoms with Crippen LogP contribution in [0.4, 0.5) is 4.39 Å². The van der Waals surface area contributed by atoms with Gasteiger partial charge in [0.25, 0.3) is 0 Å². The molecular formula is C11H14BrFO2. The maximum Gasteiger partial charge on any atom is 0.144 e. The number of ether oxygens (including phenoxy) is 1. The van der Waals surface area contributed by atoms with E-state index in [2.05, 4.69) is 15.9 Å². The number of hydrogen-bond acceptors (Lipinski definition) is 2. The zero-order valence-electron chi connectivity index (χ0n) is 8.97. The van der Waals surface area contributed by atoms with E-state index in [9.17, 15) is 4.39 Å². The fraction of sp³-hybridized carbons (Fsp3) is 0.455. The van der Waals surface area contributed by atoms with Gasteiger partial charge in [0.05, 0.1) is 11.6 Å². The molecule has 0 radical (unpaired) electrons. The predicted molar refractivity (Wildman–Crippen MR) is 60.9 cm³/mol. The van der Waals surface area contributed by atoms with Gasteiger partial charge in [-0.15, -0.1) is 0 Å². The molecule has 1 unspecified atom stereocenters. The summed E-state index contributed by atoms with van der Waals surface area (Å²) < 4.78 is 19.4. The van der Waals surface area contributed by atoms with Crippen LogP contribution in [0.25, 0.3) is 0 Å². The Morgan fingerprint density at radius 3 is 2.67 bits per heavy atom. The second-order valence-corrected chi connectivity index (χ2v) is 4.37. The smallest absolute Gasteiger partial charge is 0.144 e. The molecule has 1 N–H and O–H groups in total. The number of aliphatic hydroxyl groups is 1. The summed E-state index contributed by atoms with van der Waals surface area (Å²) in [5, 5.41) is 9.08. The number of methoxy groups -OCH3 is 1. The van der Waals surface area contributed by atoms with Gasteiger partial charge in [-0.05, 0) is 34.5 Å². The summed E-state index contributed by atoms with van der Waals surface area (Å²) in [5.74, 6) is -0.132. The van der Waals surface area contributed by atoms with E-state index in [0.717, 1.165) is 5.56 Å². The van der Waals surface area contributed by atoms with Crippen LogP contribution >= 0.6 is 15.9 Å². The Morgan fingerprint density at radius 1 is 1.60 bits per heavy atom. The molecule has 1 aromatic rings. The molecule has 0 saturated carbocycles. The highest BCUT2D eigenvalue weighted by atomic mass is 79.9. The van der Waals surface area contributed by atoms with Crippen molar-refractivity contribution in [3.05, 3.63) is 27.5 Å². The summed E-state index contributed by atoms with van der Waals surface area (Å²) in [7, 11) is 1.50. The van der Waals surface area contributed by atoms with Gasteiger partial charge < -0.3 is 9.84 Å². The highest BCUT2D eigenvalue weighted by molar-refractivity contribution is 9.10. The molecule has 0 bridgehead atoms. The largest absolute Gasteiger partial charge is 0.496 e. The summed E-state index contributed by atoms with van der Waals surface area (Å²) in [4.78, 5) is 0. The minimum atomic E-state index is -0.362. The minimum Gasteiger partial charge on any atom is -0.496 e. The molecule has 0 amide bonds. The summed E-state index contributed by atoms with van der Waals surface area (Å²) >= 11 is 3.15. The predicted octanol–water partition coefficient (Wildman–Crippen LogP) is 3.00. The van der Waals surface area contributed by atoms with Crippen molar-refractivity contribution in [2.24, 2.45) is 0 Å². The quantitative estimate of drug-likeness (QED) is 0.920. The van der Waals surface area contributed by atoms with Gasteiger partial charge in [0.1, 0.15) is 11.6 Å². The lowest BCUT2D eigenvalue weighted by atomic mass is 9.98. The summed E-state index contributed by atoms with van der Waals surface area (Å²) in [5.41, 5.74) is 1.27. The molecule has 0 spiro atoms. The SMILES string of the molecule is COc1c(C)cc(Br)c(F)c1C(C)CO. The third kappa shape index (κ3) is 2.32. The molecule has 4 heteroatoms. The second-order valence-electron chi connectivity index (χ2n) is 3.52. The number of rotatable bonds is 3. The monoisotopic (exact) mass is 276 g/mol. The first-order valence-corrected chi connectivity index (χ1v) is 5.45. The summed E-state index contributed by atoms with van der Waals surface area (Å²) in [6, 6.07) is 1.67. The Balaban J connectivity index is 3.43. The average molecular weight is 277 g/mol. The Hall–Kier alpha value is -0.610. The van der Waals surface area contributed by atoms with Gasteiger partial charge in [-0.3, -0.25) is 0 Å². The van der Waals surface area contributed by atoms with Crippen LogP contribution in [0.5, 0.6) is 5.75 Å². The fourth-order valence-electron chi connectivity index (χ4n) is 1.56. The van der Waals surface area contributed by atoms with Crippen molar-refractivity contribution >= 4 is 15.9 Å². The Labute approximate surface area is 97.2 Å². The Kier molecular flexibility index (Phi) is 4.11. The van der Waals surface area contributed by atoms with E-state index in [1.807, 2.05) is 6.92 Å². The molecule has 0 aliphatic heterocycles. The molecule has 2 nitrogen and oxygen atoms in total. The summed E-state index contributed by atoms with van der Waals surface area (Å²) in [6.45, 7) is 3.49. The van der Waals surface area contributed by atoms with Gasteiger partial charge in [0, 0.05) is 18.1 Å². The average Bonchev–Trinajstić information content (AvgIpc) is 2.21. The van der Waals surface area contributed by atoms with E-state index in [4.69, 9.17) is 9.84 Å². The van der Waals surface area contributed by atoms with Gasteiger partial charge >= 0.3 is 0 Å². The Morgan fingerprint density at radius 2 is 2.20 bits per heavy atom. The number of aryl methyl sites for hydroxylation is 1. The molecule has 0 aromatic heterocycles. The van der Waals surface area contributed by atoms with E-state index in [-0.39, 0.29) is 18.3 Å². The zero-order chi connectivity index (χ0) is 11.6. The van der Waals surface area contributed by atoms with Crippen LogP contribution in [0.3, 0.4) is 0 Å². The van der Waals surface area contributed by atoms with Crippen molar-refractivity contribution in [2.45, 2.75) is 19.8 Å². The molecule has 0 heterocycles. The van der Waals surface area contributed by atoms with Gasteiger partial charge in [0.2, 0.25) is 0 Å². The van der Waals surface area contributed by atoms with Crippen LogP contribution < -0.4 is 4.74 Å². The van der Waals surface area contributed by atoms with E-state index < -0.39 is 0 Å². The van der Waals surface area contributed by atoms with Crippen LogP contribution in [0.15, 0.2) is 10.5 Å². The molecule has 0 aliphatic rings. The maximum atomic E-state index is 13.8. The van der Waals surface area contributed by atoms with E-state index in [1.165, 1.54) is 7.11 Å².